The van der Waals surface area contributed by atoms with Crippen LogP contribution in [0.3, 0.4) is 0 Å². The van der Waals surface area contributed by atoms with Crippen molar-refractivity contribution in [1.82, 2.24) is 24.5 Å². The Balaban J connectivity index is 0.000000183. The molecule has 0 amide bonds. The second-order valence-corrected chi connectivity index (χ2v) is 28.1. The van der Waals surface area contributed by atoms with E-state index in [0.29, 0.717) is 11.6 Å². The second kappa shape index (κ2) is 16.4. The number of furan rings is 1. The molecule has 0 aliphatic rings. The summed E-state index contributed by atoms with van der Waals surface area (Å²) in [5.74, 6) is 8.78. The Bertz CT molecular complexity index is 2890. The minimum absolute atomic E-state index is 0. The molecule has 0 saturated carbocycles. The van der Waals surface area contributed by atoms with Crippen LogP contribution >= 0.6 is 0 Å². The molecule has 8 heteroatoms. The summed E-state index contributed by atoms with van der Waals surface area (Å²) in [6.45, 7) is 13.2. The number of aryl methyl sites for hydroxylation is 1. The molecule has 6 nitrogen and oxygen atoms in total. The number of pyridine rings is 3. The number of nitrogens with zero attached hydrogens (tertiary/aromatic N) is 5. The summed E-state index contributed by atoms with van der Waals surface area (Å²) >= 11 is -1.92. The van der Waals surface area contributed by atoms with E-state index >= 15 is 0 Å². The molecule has 0 aliphatic heterocycles. The average molecular weight is 1000 g/mol. The Labute approximate surface area is 357 Å². The Morgan fingerprint density at radius 3 is 2.26 bits per heavy atom. The predicted octanol–water partition coefficient (Wildman–Crippen LogP) is 12.2. The van der Waals surface area contributed by atoms with Gasteiger partial charge in [-0.1, -0.05) is 56.7 Å². The van der Waals surface area contributed by atoms with Gasteiger partial charge in [-0.25, -0.2) is 0 Å². The van der Waals surface area contributed by atoms with E-state index in [4.69, 9.17) is 14.4 Å². The van der Waals surface area contributed by atoms with Gasteiger partial charge in [-0.05, 0) is 53.8 Å². The summed E-state index contributed by atoms with van der Waals surface area (Å²) in [6.07, 6.45) is 8.33. The zero-order valence-electron chi connectivity index (χ0n) is 34.7. The molecular weight excluding hydrogens is 951 g/mol. The Hall–Kier alpha value is -4.95. The Morgan fingerprint density at radius 1 is 0.810 bits per heavy atom. The Morgan fingerprint density at radius 2 is 1.53 bits per heavy atom. The minimum atomic E-state index is -1.92. The second-order valence-electron chi connectivity index (χ2n) is 17.5. The van der Waals surface area contributed by atoms with E-state index in [1.54, 1.807) is 0 Å². The van der Waals surface area contributed by atoms with E-state index < -0.39 is 13.3 Å². The molecule has 295 valence electrons. The van der Waals surface area contributed by atoms with Gasteiger partial charge in [0, 0.05) is 36.9 Å². The van der Waals surface area contributed by atoms with E-state index in [1.165, 1.54) is 26.3 Å². The van der Waals surface area contributed by atoms with Crippen molar-refractivity contribution in [1.29, 1.82) is 0 Å². The van der Waals surface area contributed by atoms with Crippen LogP contribution in [0.4, 0.5) is 0 Å². The van der Waals surface area contributed by atoms with Crippen LogP contribution in [0.15, 0.2) is 120 Å². The average Bonchev–Trinajstić information content (AvgIpc) is 3.75. The number of rotatable bonds is 6. The Kier molecular flexibility index (Phi) is 11.6. The van der Waals surface area contributed by atoms with Crippen molar-refractivity contribution in [2.75, 3.05) is 0 Å². The first-order valence-corrected chi connectivity index (χ1v) is 27.1. The van der Waals surface area contributed by atoms with Crippen LogP contribution in [0, 0.1) is 25.1 Å². The van der Waals surface area contributed by atoms with Crippen molar-refractivity contribution in [3.8, 4) is 28.3 Å². The third-order valence-electron chi connectivity index (χ3n) is 10.5. The molecule has 0 fully saturated rings. The van der Waals surface area contributed by atoms with Gasteiger partial charge in [-0.15, -0.1) is 6.07 Å². The number of para-hydroxylation sites is 1. The van der Waals surface area contributed by atoms with Crippen LogP contribution in [0.5, 0.6) is 0 Å². The van der Waals surface area contributed by atoms with E-state index in [0.717, 1.165) is 67.8 Å². The molecule has 1 radical (unpaired) electrons. The zero-order chi connectivity index (χ0) is 40.1. The molecule has 0 unspecified atom stereocenters. The first kappa shape index (κ1) is 41.2. The van der Waals surface area contributed by atoms with Gasteiger partial charge in [0.25, 0.3) is 0 Å². The van der Waals surface area contributed by atoms with Crippen molar-refractivity contribution in [2.24, 2.45) is 5.92 Å². The van der Waals surface area contributed by atoms with Crippen molar-refractivity contribution in [3.63, 3.8) is 0 Å². The maximum atomic E-state index is 5.90. The molecular formula is C50H49GeIrN5O-2. The largest absolute Gasteiger partial charge is 0.483 e. The zero-order valence-corrected chi connectivity index (χ0v) is 39.2. The minimum Gasteiger partial charge on any atom is -0.483 e. The standard InChI is InChI=1S/C28H23N4O.C22H26GeN.Ir/c1-17-13-23-24(16-29-17)32(20-11-9-19(10-12-20)28(2,3)4)26(31-23)18-14-22-21-7-5-6-8-25(21)33-27(22)30-15-18;1-16(2)13-18-14-22(24-15-21(18)23(3,4)5)20-12-8-10-17-9-6-7-11-19(17)20;/h5-14,16H,1-4H3;6-11,14-16H,13H2,1-5H3;/q2*-1;. The third-order valence-corrected chi connectivity index (χ3v) is 14.8. The predicted molar refractivity (Wildman–Crippen MR) is 239 cm³/mol. The first-order valence-electron chi connectivity index (χ1n) is 19.8. The fourth-order valence-electron chi connectivity index (χ4n) is 7.60. The molecule has 0 atom stereocenters. The van der Waals surface area contributed by atoms with E-state index in [9.17, 15) is 0 Å². The van der Waals surface area contributed by atoms with Crippen molar-refractivity contribution < 1.29 is 24.5 Å². The number of fused-ring (bicyclic) bond motifs is 5. The monoisotopic (exact) mass is 1000 g/mol. The molecule has 5 aromatic heterocycles. The van der Waals surface area contributed by atoms with Gasteiger partial charge in [0.1, 0.15) is 11.3 Å². The molecule has 0 saturated heterocycles. The van der Waals surface area contributed by atoms with Crippen LogP contribution in [0.1, 0.15) is 51.4 Å². The maximum absolute atomic E-state index is 5.90. The van der Waals surface area contributed by atoms with Crippen molar-refractivity contribution >= 4 is 61.5 Å². The SMILES string of the molecule is CC(C)Cc1cc(-c2[c-]ccc3ccccc23)nc[c]1[Ge]([CH3])([CH3])[CH3].Cc1cc2nc(-c3[c-]nc4oc5ccccc5c4c3)n(-c3ccc(C(C)(C)C)cc3)c2cn1.[Ir]. The maximum Gasteiger partial charge on any atom is 0.141 e. The van der Waals surface area contributed by atoms with Gasteiger partial charge < -0.3 is 14.0 Å². The molecule has 58 heavy (non-hydrogen) atoms. The van der Waals surface area contributed by atoms with Gasteiger partial charge in [-0.3, -0.25) is 9.97 Å². The van der Waals surface area contributed by atoms with Crippen molar-refractivity contribution in [2.45, 2.75) is 70.6 Å². The first-order chi connectivity index (χ1) is 27.2. The summed E-state index contributed by atoms with van der Waals surface area (Å²) in [5, 5.41) is 4.46. The topological polar surface area (TPSA) is 69.6 Å². The van der Waals surface area contributed by atoms with Gasteiger partial charge in [0.15, 0.2) is 0 Å². The summed E-state index contributed by atoms with van der Waals surface area (Å²) in [6, 6.07) is 39.1. The van der Waals surface area contributed by atoms with Crippen LogP contribution in [-0.2, 0) is 31.9 Å². The van der Waals surface area contributed by atoms with Crippen molar-refractivity contribution in [3.05, 3.63) is 145 Å². The summed E-state index contributed by atoms with van der Waals surface area (Å²) in [7, 11) is 0. The molecule has 0 aliphatic carbocycles. The van der Waals surface area contributed by atoms with Gasteiger partial charge in [0.05, 0.1) is 23.1 Å². The summed E-state index contributed by atoms with van der Waals surface area (Å²) in [4.78, 5) is 18.9. The van der Waals surface area contributed by atoms with E-state index in [1.807, 2.05) is 49.5 Å². The number of benzene rings is 4. The number of imidazole rings is 1. The van der Waals surface area contributed by atoms with Crippen LogP contribution in [0.25, 0.3) is 72.2 Å². The molecule has 0 N–H and O–H groups in total. The normalized spacial score (nSPS) is 12.0. The number of hydrogen-bond donors (Lipinski definition) is 0. The van der Waals surface area contributed by atoms with Gasteiger partial charge >= 0.3 is 148 Å². The van der Waals surface area contributed by atoms with Crippen LogP contribution in [-0.4, -0.2) is 37.8 Å². The molecule has 4 aromatic carbocycles. The van der Waals surface area contributed by atoms with Gasteiger partial charge in [0.2, 0.25) is 0 Å². The van der Waals surface area contributed by atoms with E-state index in [-0.39, 0.29) is 25.5 Å². The van der Waals surface area contributed by atoms with E-state index in [2.05, 4.69) is 152 Å². The third kappa shape index (κ3) is 8.31. The number of aromatic nitrogens is 5. The van der Waals surface area contributed by atoms with Crippen LogP contribution < -0.4 is 4.40 Å². The summed E-state index contributed by atoms with van der Waals surface area (Å²) < 4.78 is 9.57. The number of hydrogen-bond acceptors (Lipinski definition) is 5. The molecule has 0 spiro atoms. The summed E-state index contributed by atoms with van der Waals surface area (Å²) in [5.41, 5.74) is 11.0. The smallest absolute Gasteiger partial charge is 0.141 e. The molecule has 5 heterocycles. The molecule has 9 aromatic rings. The molecule has 9 rings (SSSR count). The van der Waals surface area contributed by atoms with Crippen LogP contribution in [0.2, 0.25) is 17.3 Å². The fraction of sp³-hybridized carbons (Fsp3) is 0.240. The fourth-order valence-corrected chi connectivity index (χ4v) is 10.9. The molecule has 0 bridgehead atoms. The van der Waals surface area contributed by atoms with Gasteiger partial charge in [-0.2, -0.15) is 0 Å². The quantitative estimate of drug-likeness (QED) is 0.123.